The van der Waals surface area contributed by atoms with E-state index in [1.165, 1.54) is 34.1 Å². The van der Waals surface area contributed by atoms with Gasteiger partial charge in [0.05, 0.1) is 0 Å². The lowest BCUT2D eigenvalue weighted by Gasteiger charge is -2.07. The predicted octanol–water partition coefficient (Wildman–Crippen LogP) is 3.52. The summed E-state index contributed by atoms with van der Waals surface area (Å²) < 4.78 is 2.60. The molecule has 1 saturated carbocycles. The zero-order chi connectivity index (χ0) is 10.8. The topological polar surface area (TPSA) is 12.0 Å². The van der Waals surface area contributed by atoms with Crippen molar-refractivity contribution in [1.82, 2.24) is 5.32 Å². The molecule has 3 heteroatoms. The zero-order valence-electron chi connectivity index (χ0n) is 8.79. The molecule has 4 rings (SSSR count). The number of halogens is 1. The van der Waals surface area contributed by atoms with Crippen LogP contribution in [0.1, 0.15) is 11.3 Å². The summed E-state index contributed by atoms with van der Waals surface area (Å²) >= 11 is 5.52. The monoisotopic (exact) mass is 293 g/mol. The molecule has 2 aliphatic rings. The standard InChI is InChI=1S/C13H12BrNS/c14-10-2-1-8-3-12(16-11(8)4-10)13-5-9(13)6-15-7-13/h1-4,9,15H,5-7H2. The van der Waals surface area contributed by atoms with E-state index in [1.54, 1.807) is 4.88 Å². The van der Waals surface area contributed by atoms with E-state index in [4.69, 9.17) is 0 Å². The molecule has 0 radical (unpaired) electrons. The van der Waals surface area contributed by atoms with Gasteiger partial charge >= 0.3 is 0 Å². The summed E-state index contributed by atoms with van der Waals surface area (Å²) in [7, 11) is 0. The molecule has 0 spiro atoms. The average molecular weight is 294 g/mol. The maximum Gasteiger partial charge on any atom is 0.0357 e. The molecule has 1 saturated heterocycles. The Morgan fingerprint density at radius 3 is 3.06 bits per heavy atom. The third kappa shape index (κ3) is 1.19. The summed E-state index contributed by atoms with van der Waals surface area (Å²) in [6.45, 7) is 2.41. The van der Waals surface area contributed by atoms with Gasteiger partial charge in [-0.1, -0.05) is 22.0 Å². The lowest BCUT2D eigenvalue weighted by atomic mass is 10.0. The van der Waals surface area contributed by atoms with E-state index in [2.05, 4.69) is 45.5 Å². The Labute approximate surface area is 107 Å². The van der Waals surface area contributed by atoms with Gasteiger partial charge in [-0.15, -0.1) is 11.3 Å². The number of hydrogen-bond donors (Lipinski definition) is 1. The van der Waals surface area contributed by atoms with Crippen LogP contribution >= 0.6 is 27.3 Å². The average Bonchev–Trinajstić information content (AvgIpc) is 2.69. The van der Waals surface area contributed by atoms with Crippen LogP contribution in [0.2, 0.25) is 0 Å². The molecule has 2 fully saturated rings. The Bertz CT molecular complexity index is 576. The molecule has 0 amide bonds. The minimum Gasteiger partial charge on any atom is -0.315 e. The van der Waals surface area contributed by atoms with E-state index >= 15 is 0 Å². The van der Waals surface area contributed by atoms with Crippen LogP contribution in [-0.2, 0) is 5.41 Å². The molecule has 2 heterocycles. The van der Waals surface area contributed by atoms with Crippen LogP contribution in [0.15, 0.2) is 28.7 Å². The van der Waals surface area contributed by atoms with Crippen molar-refractivity contribution in [2.24, 2.45) is 5.92 Å². The summed E-state index contributed by atoms with van der Waals surface area (Å²) in [6, 6.07) is 8.99. The van der Waals surface area contributed by atoms with Crippen molar-refractivity contribution in [2.45, 2.75) is 11.8 Å². The van der Waals surface area contributed by atoms with Crippen LogP contribution in [0, 0.1) is 5.92 Å². The van der Waals surface area contributed by atoms with Gasteiger partial charge in [0.15, 0.2) is 0 Å². The fourth-order valence-electron chi connectivity index (χ4n) is 2.97. The highest BCUT2D eigenvalue weighted by Crippen LogP contribution is 2.58. The Kier molecular flexibility index (Phi) is 1.86. The summed E-state index contributed by atoms with van der Waals surface area (Å²) in [5.41, 5.74) is 0.510. The molecule has 1 N–H and O–H groups in total. The molecular formula is C13H12BrNS. The first-order valence-electron chi connectivity index (χ1n) is 5.68. The second-order valence-electron chi connectivity index (χ2n) is 4.98. The van der Waals surface area contributed by atoms with Gasteiger partial charge in [-0.3, -0.25) is 0 Å². The molecule has 2 unspecified atom stereocenters. The van der Waals surface area contributed by atoms with Gasteiger partial charge in [-0.25, -0.2) is 0 Å². The fourth-order valence-corrected chi connectivity index (χ4v) is 4.87. The van der Waals surface area contributed by atoms with Gasteiger partial charge in [0.2, 0.25) is 0 Å². The van der Waals surface area contributed by atoms with E-state index in [0.717, 1.165) is 5.92 Å². The maximum atomic E-state index is 3.54. The number of thiophene rings is 1. The van der Waals surface area contributed by atoms with E-state index < -0.39 is 0 Å². The lowest BCUT2D eigenvalue weighted by Crippen LogP contribution is -2.18. The highest BCUT2D eigenvalue weighted by molar-refractivity contribution is 9.10. The Morgan fingerprint density at radius 2 is 2.31 bits per heavy atom. The second-order valence-corrected chi connectivity index (χ2v) is 6.98. The van der Waals surface area contributed by atoms with E-state index in [9.17, 15) is 0 Å². The van der Waals surface area contributed by atoms with Crippen molar-refractivity contribution >= 4 is 37.4 Å². The van der Waals surface area contributed by atoms with Crippen molar-refractivity contribution < 1.29 is 0 Å². The second kappa shape index (κ2) is 3.09. The fraction of sp³-hybridized carbons (Fsp3) is 0.385. The molecule has 0 bridgehead atoms. The van der Waals surface area contributed by atoms with Gasteiger partial charge < -0.3 is 5.32 Å². The smallest absolute Gasteiger partial charge is 0.0357 e. The van der Waals surface area contributed by atoms with Gasteiger partial charge in [0, 0.05) is 26.0 Å². The molecule has 1 aliphatic heterocycles. The third-order valence-corrected chi connectivity index (χ3v) is 5.85. The number of piperidine rings is 1. The third-order valence-electron chi connectivity index (χ3n) is 4.04. The van der Waals surface area contributed by atoms with Crippen molar-refractivity contribution in [3.63, 3.8) is 0 Å². The molecule has 82 valence electrons. The van der Waals surface area contributed by atoms with Crippen LogP contribution in [0.5, 0.6) is 0 Å². The molecule has 1 nitrogen and oxygen atoms in total. The SMILES string of the molecule is Brc1ccc2cc(C34CNCC3C4)sc2c1. The highest BCUT2D eigenvalue weighted by atomic mass is 79.9. The Hall–Kier alpha value is -0.380. The number of fused-ring (bicyclic) bond motifs is 2. The first kappa shape index (κ1) is 9.63. The quantitative estimate of drug-likeness (QED) is 0.848. The first-order chi connectivity index (χ1) is 7.78. The zero-order valence-corrected chi connectivity index (χ0v) is 11.2. The Balaban J connectivity index is 1.87. The van der Waals surface area contributed by atoms with E-state index in [0.29, 0.717) is 5.41 Å². The summed E-state index contributed by atoms with van der Waals surface area (Å²) in [4.78, 5) is 1.59. The van der Waals surface area contributed by atoms with E-state index in [-0.39, 0.29) is 0 Å². The normalized spacial score (nSPS) is 31.9. The molecule has 2 aromatic rings. The lowest BCUT2D eigenvalue weighted by molar-refractivity contribution is 0.686. The minimum absolute atomic E-state index is 0.510. The van der Waals surface area contributed by atoms with Crippen molar-refractivity contribution in [2.75, 3.05) is 13.1 Å². The van der Waals surface area contributed by atoms with Crippen LogP contribution in [0.3, 0.4) is 0 Å². The molecule has 1 aromatic heterocycles. The highest BCUT2D eigenvalue weighted by Gasteiger charge is 2.58. The largest absolute Gasteiger partial charge is 0.315 e. The predicted molar refractivity (Wildman–Crippen MR) is 72.2 cm³/mol. The van der Waals surface area contributed by atoms with Crippen LogP contribution < -0.4 is 5.32 Å². The van der Waals surface area contributed by atoms with Crippen molar-refractivity contribution in [1.29, 1.82) is 0 Å². The summed E-state index contributed by atoms with van der Waals surface area (Å²) in [5.74, 6) is 0.906. The van der Waals surface area contributed by atoms with Crippen molar-refractivity contribution in [3.8, 4) is 0 Å². The molecule has 2 atom stereocenters. The van der Waals surface area contributed by atoms with Crippen LogP contribution in [0.25, 0.3) is 10.1 Å². The maximum absolute atomic E-state index is 3.54. The van der Waals surface area contributed by atoms with Gasteiger partial charge in [0.1, 0.15) is 0 Å². The molecule has 1 aliphatic carbocycles. The summed E-state index contributed by atoms with van der Waals surface area (Å²) in [6.07, 6.45) is 1.40. The van der Waals surface area contributed by atoms with Gasteiger partial charge in [-0.05, 0) is 42.5 Å². The number of rotatable bonds is 1. The van der Waals surface area contributed by atoms with E-state index in [1.807, 2.05) is 11.3 Å². The number of nitrogens with one attached hydrogen (secondary N) is 1. The summed E-state index contributed by atoms with van der Waals surface area (Å²) in [5, 5.41) is 4.91. The first-order valence-corrected chi connectivity index (χ1v) is 7.29. The van der Waals surface area contributed by atoms with Gasteiger partial charge in [0.25, 0.3) is 0 Å². The number of hydrogen-bond acceptors (Lipinski definition) is 2. The van der Waals surface area contributed by atoms with Crippen molar-refractivity contribution in [3.05, 3.63) is 33.6 Å². The Morgan fingerprint density at radius 1 is 1.38 bits per heavy atom. The minimum atomic E-state index is 0.510. The molecule has 1 aromatic carbocycles. The number of benzene rings is 1. The van der Waals surface area contributed by atoms with Crippen LogP contribution in [-0.4, -0.2) is 13.1 Å². The van der Waals surface area contributed by atoms with Crippen LogP contribution in [0.4, 0.5) is 0 Å². The molecular weight excluding hydrogens is 282 g/mol. The van der Waals surface area contributed by atoms with Gasteiger partial charge in [-0.2, -0.15) is 0 Å². The molecule has 16 heavy (non-hydrogen) atoms.